The van der Waals surface area contributed by atoms with Crippen LogP contribution < -0.4 is 10.6 Å². The maximum Gasteiger partial charge on any atom is 0.221 e. The zero-order valence-corrected chi connectivity index (χ0v) is 10.4. The Hall–Kier alpha value is -0.260. The Morgan fingerprint density at radius 1 is 1.60 bits per heavy atom. The average Bonchev–Trinajstić information content (AvgIpc) is 2.18. The Balaban J connectivity index is 2.06. The molecule has 0 radical (unpaired) electrons. The quantitative estimate of drug-likeness (QED) is 0.685. The molecule has 1 heterocycles. The lowest BCUT2D eigenvalue weighted by atomic mass is 10.2. The van der Waals surface area contributed by atoms with Crippen LogP contribution in [0.15, 0.2) is 0 Å². The molecule has 1 saturated heterocycles. The van der Waals surface area contributed by atoms with Gasteiger partial charge in [-0.1, -0.05) is 0 Å². The van der Waals surface area contributed by atoms with Crippen molar-refractivity contribution in [1.82, 2.24) is 15.5 Å². The first-order chi connectivity index (χ1) is 7.18. The number of amides is 1. The standard InChI is InChI=1S/C10H21N3OS/c1-13(2)5-3-12-10(14)7-9-8-15-6-4-11-9/h9,11H,3-8H2,1-2H3,(H,12,14). The van der Waals surface area contributed by atoms with Gasteiger partial charge in [-0.2, -0.15) is 11.8 Å². The summed E-state index contributed by atoms with van der Waals surface area (Å²) in [7, 11) is 4.01. The summed E-state index contributed by atoms with van der Waals surface area (Å²) in [6.07, 6.45) is 0.612. The number of nitrogens with one attached hydrogen (secondary N) is 2. The molecule has 1 atom stereocenters. The molecule has 0 aromatic carbocycles. The van der Waals surface area contributed by atoms with Crippen molar-refractivity contribution in [1.29, 1.82) is 0 Å². The summed E-state index contributed by atoms with van der Waals surface area (Å²) in [5.41, 5.74) is 0. The molecule has 0 aliphatic carbocycles. The number of rotatable bonds is 5. The molecule has 0 aromatic rings. The predicted molar refractivity (Wildman–Crippen MR) is 65.3 cm³/mol. The van der Waals surface area contributed by atoms with Crippen molar-refractivity contribution in [3.8, 4) is 0 Å². The van der Waals surface area contributed by atoms with Crippen LogP contribution in [0.1, 0.15) is 6.42 Å². The van der Waals surface area contributed by atoms with Gasteiger partial charge in [-0.25, -0.2) is 0 Å². The molecular weight excluding hydrogens is 210 g/mol. The second-order valence-electron chi connectivity index (χ2n) is 4.08. The van der Waals surface area contributed by atoms with E-state index in [0.29, 0.717) is 12.5 Å². The molecule has 88 valence electrons. The second kappa shape index (κ2) is 7.09. The number of hydrogen-bond donors (Lipinski definition) is 2. The SMILES string of the molecule is CN(C)CCNC(=O)CC1CSCCN1. The highest BCUT2D eigenvalue weighted by molar-refractivity contribution is 7.99. The Morgan fingerprint density at radius 3 is 3.00 bits per heavy atom. The van der Waals surface area contributed by atoms with Crippen LogP contribution in [0.25, 0.3) is 0 Å². The first kappa shape index (κ1) is 12.8. The summed E-state index contributed by atoms with van der Waals surface area (Å²) in [6, 6.07) is 0.364. The fourth-order valence-corrected chi connectivity index (χ4v) is 2.41. The zero-order valence-electron chi connectivity index (χ0n) is 9.58. The zero-order chi connectivity index (χ0) is 11.1. The number of hydrogen-bond acceptors (Lipinski definition) is 4. The molecule has 1 aliphatic rings. The Kier molecular flexibility index (Phi) is 6.05. The maximum atomic E-state index is 11.5. The average molecular weight is 231 g/mol. The van der Waals surface area contributed by atoms with Crippen molar-refractivity contribution in [3.63, 3.8) is 0 Å². The van der Waals surface area contributed by atoms with E-state index in [4.69, 9.17) is 0 Å². The molecule has 2 N–H and O–H groups in total. The van der Waals surface area contributed by atoms with Crippen LogP contribution in [-0.2, 0) is 4.79 Å². The molecule has 0 bridgehead atoms. The predicted octanol–water partition coefficient (Wildman–Crippen LogP) is -0.241. The van der Waals surface area contributed by atoms with Gasteiger partial charge in [0.2, 0.25) is 5.91 Å². The van der Waals surface area contributed by atoms with Gasteiger partial charge in [0.05, 0.1) is 0 Å². The highest BCUT2D eigenvalue weighted by atomic mass is 32.2. The van der Waals surface area contributed by atoms with E-state index < -0.39 is 0 Å². The molecule has 0 aromatic heterocycles. The summed E-state index contributed by atoms with van der Waals surface area (Å²) in [5, 5.41) is 6.29. The minimum Gasteiger partial charge on any atom is -0.355 e. The van der Waals surface area contributed by atoms with Gasteiger partial charge >= 0.3 is 0 Å². The first-order valence-electron chi connectivity index (χ1n) is 5.41. The van der Waals surface area contributed by atoms with Crippen molar-refractivity contribution in [2.45, 2.75) is 12.5 Å². The van der Waals surface area contributed by atoms with Gasteiger partial charge in [0.25, 0.3) is 0 Å². The number of carbonyl (C=O) groups is 1. The number of thioether (sulfide) groups is 1. The van der Waals surface area contributed by atoms with Crippen LogP contribution in [0.5, 0.6) is 0 Å². The third-order valence-corrected chi connectivity index (χ3v) is 3.44. The highest BCUT2D eigenvalue weighted by Crippen LogP contribution is 2.09. The Morgan fingerprint density at radius 2 is 2.40 bits per heavy atom. The van der Waals surface area contributed by atoms with Crippen molar-refractivity contribution in [3.05, 3.63) is 0 Å². The van der Waals surface area contributed by atoms with E-state index in [1.165, 1.54) is 5.75 Å². The lowest BCUT2D eigenvalue weighted by Crippen LogP contribution is -2.42. The summed E-state index contributed by atoms with van der Waals surface area (Å²) < 4.78 is 0. The van der Waals surface area contributed by atoms with E-state index in [2.05, 4.69) is 15.5 Å². The van der Waals surface area contributed by atoms with Crippen molar-refractivity contribution < 1.29 is 4.79 Å². The van der Waals surface area contributed by atoms with Crippen LogP contribution in [0, 0.1) is 0 Å². The Bertz CT molecular complexity index is 193. The maximum absolute atomic E-state index is 11.5. The first-order valence-corrected chi connectivity index (χ1v) is 6.56. The second-order valence-corrected chi connectivity index (χ2v) is 5.23. The molecular formula is C10H21N3OS. The van der Waals surface area contributed by atoms with Gasteiger partial charge in [-0.15, -0.1) is 0 Å². The minimum absolute atomic E-state index is 0.164. The van der Waals surface area contributed by atoms with Gasteiger partial charge in [-0.3, -0.25) is 4.79 Å². The van der Waals surface area contributed by atoms with E-state index in [1.54, 1.807) is 0 Å². The molecule has 1 aliphatic heterocycles. The van der Waals surface area contributed by atoms with Gasteiger partial charge in [0.15, 0.2) is 0 Å². The molecule has 15 heavy (non-hydrogen) atoms. The molecule has 4 nitrogen and oxygen atoms in total. The van der Waals surface area contributed by atoms with Crippen LogP contribution in [0.2, 0.25) is 0 Å². The number of carbonyl (C=O) groups excluding carboxylic acids is 1. The van der Waals surface area contributed by atoms with Gasteiger partial charge in [-0.05, 0) is 14.1 Å². The molecule has 0 spiro atoms. The van der Waals surface area contributed by atoms with Gasteiger partial charge < -0.3 is 15.5 Å². The number of likely N-dealkylation sites (N-methyl/N-ethyl adjacent to an activating group) is 1. The fourth-order valence-electron chi connectivity index (χ4n) is 1.47. The smallest absolute Gasteiger partial charge is 0.221 e. The lowest BCUT2D eigenvalue weighted by molar-refractivity contribution is -0.121. The normalized spacial score (nSPS) is 21.7. The van der Waals surface area contributed by atoms with E-state index in [9.17, 15) is 4.79 Å². The van der Waals surface area contributed by atoms with Crippen molar-refractivity contribution in [2.24, 2.45) is 0 Å². The van der Waals surface area contributed by atoms with E-state index >= 15 is 0 Å². The monoisotopic (exact) mass is 231 g/mol. The summed E-state index contributed by atoms with van der Waals surface area (Å²) in [6.45, 7) is 2.67. The van der Waals surface area contributed by atoms with E-state index in [0.717, 1.165) is 25.4 Å². The van der Waals surface area contributed by atoms with Crippen LogP contribution in [-0.4, -0.2) is 62.1 Å². The fraction of sp³-hybridized carbons (Fsp3) is 0.900. The van der Waals surface area contributed by atoms with E-state index in [1.807, 2.05) is 25.9 Å². The van der Waals surface area contributed by atoms with Gasteiger partial charge in [0.1, 0.15) is 0 Å². The van der Waals surface area contributed by atoms with Crippen molar-refractivity contribution >= 4 is 17.7 Å². The molecule has 1 rings (SSSR count). The largest absolute Gasteiger partial charge is 0.355 e. The molecule has 1 amide bonds. The van der Waals surface area contributed by atoms with Crippen LogP contribution in [0.3, 0.4) is 0 Å². The Labute approximate surface area is 96.2 Å². The van der Waals surface area contributed by atoms with Crippen LogP contribution in [0.4, 0.5) is 0 Å². The number of nitrogens with zero attached hydrogens (tertiary/aromatic N) is 1. The summed E-state index contributed by atoms with van der Waals surface area (Å²) in [5.74, 6) is 2.39. The molecule has 0 saturated carbocycles. The molecule has 5 heteroatoms. The lowest BCUT2D eigenvalue weighted by Gasteiger charge is -2.22. The van der Waals surface area contributed by atoms with E-state index in [-0.39, 0.29) is 5.91 Å². The van der Waals surface area contributed by atoms with Crippen LogP contribution >= 0.6 is 11.8 Å². The summed E-state index contributed by atoms with van der Waals surface area (Å²) >= 11 is 1.92. The minimum atomic E-state index is 0.164. The highest BCUT2D eigenvalue weighted by Gasteiger charge is 2.16. The third kappa shape index (κ3) is 6.02. The summed E-state index contributed by atoms with van der Waals surface area (Å²) in [4.78, 5) is 13.6. The third-order valence-electron chi connectivity index (χ3n) is 2.31. The van der Waals surface area contributed by atoms with Gasteiger partial charge in [0, 0.05) is 43.6 Å². The van der Waals surface area contributed by atoms with Crippen molar-refractivity contribution in [2.75, 3.05) is 45.2 Å². The molecule has 1 fully saturated rings. The topological polar surface area (TPSA) is 44.4 Å². The molecule has 1 unspecified atom stereocenters.